The molecule has 2 aromatic carbocycles. The lowest BCUT2D eigenvalue weighted by Crippen LogP contribution is -2.36. The molecule has 2 N–H and O–H groups in total. The Bertz CT molecular complexity index is 1320. The number of nitrogens with one attached hydrogen (secondary N) is 2. The summed E-state index contributed by atoms with van der Waals surface area (Å²) in [4.78, 5) is 26.5. The predicted molar refractivity (Wildman–Crippen MR) is 132 cm³/mol. The molecule has 3 heterocycles. The van der Waals surface area contributed by atoms with E-state index in [0.29, 0.717) is 23.6 Å². The van der Waals surface area contributed by atoms with Crippen LogP contribution in [0.15, 0.2) is 67.3 Å². The first-order valence-electron chi connectivity index (χ1n) is 11.4. The Morgan fingerprint density at radius 2 is 1.86 bits per heavy atom. The van der Waals surface area contributed by atoms with Gasteiger partial charge < -0.3 is 15.5 Å². The molecule has 1 aliphatic heterocycles. The Kier molecular flexibility index (Phi) is 6.34. The first-order chi connectivity index (χ1) is 17.0. The molecule has 1 aliphatic rings. The van der Waals surface area contributed by atoms with E-state index in [4.69, 9.17) is 0 Å². The second-order valence-electron chi connectivity index (χ2n) is 8.40. The van der Waals surface area contributed by atoms with E-state index in [1.807, 2.05) is 24.4 Å². The van der Waals surface area contributed by atoms with Crippen LogP contribution >= 0.6 is 0 Å². The predicted octanol–water partition coefficient (Wildman–Crippen LogP) is 4.42. The lowest BCUT2D eigenvalue weighted by molar-refractivity contribution is -0.114. The third-order valence-electron chi connectivity index (χ3n) is 5.92. The largest absolute Gasteiger partial charge is 0.341 e. The Morgan fingerprint density at radius 3 is 2.63 bits per heavy atom. The van der Waals surface area contributed by atoms with E-state index in [1.165, 1.54) is 25.4 Å². The molecule has 0 atom stereocenters. The van der Waals surface area contributed by atoms with Crippen LogP contribution in [-0.4, -0.2) is 43.7 Å². The Morgan fingerprint density at radius 1 is 1.06 bits per heavy atom. The van der Waals surface area contributed by atoms with Crippen LogP contribution in [-0.2, 0) is 4.79 Å². The van der Waals surface area contributed by atoms with Gasteiger partial charge in [0.05, 0.1) is 17.9 Å². The van der Waals surface area contributed by atoms with Gasteiger partial charge in [-0.3, -0.25) is 9.48 Å². The maximum absolute atomic E-state index is 13.9. The number of nitrogens with zero attached hydrogens (tertiary/aromatic N) is 6. The zero-order valence-electron chi connectivity index (χ0n) is 19.2. The first kappa shape index (κ1) is 22.5. The Balaban J connectivity index is 1.23. The van der Waals surface area contributed by atoms with Crippen molar-refractivity contribution in [1.82, 2.24) is 24.7 Å². The highest BCUT2D eigenvalue weighted by Crippen LogP contribution is 2.27. The minimum absolute atomic E-state index is 0.0906. The summed E-state index contributed by atoms with van der Waals surface area (Å²) < 4.78 is 16.0. The van der Waals surface area contributed by atoms with E-state index in [1.54, 1.807) is 6.07 Å². The first-order valence-corrected chi connectivity index (χ1v) is 11.4. The van der Waals surface area contributed by atoms with Crippen molar-refractivity contribution in [2.24, 2.45) is 0 Å². The van der Waals surface area contributed by atoms with Crippen molar-refractivity contribution >= 4 is 29.2 Å². The van der Waals surface area contributed by atoms with E-state index in [2.05, 4.69) is 58.6 Å². The molecule has 1 amide bonds. The number of rotatable bonds is 6. The lowest BCUT2D eigenvalue weighted by Gasteiger charge is -2.32. The summed E-state index contributed by atoms with van der Waals surface area (Å²) in [5, 5.41) is 10.1. The Labute approximate surface area is 202 Å². The Hall–Kier alpha value is -4.34. The zero-order chi connectivity index (χ0) is 24.2. The molecule has 1 saturated heterocycles. The average molecular weight is 473 g/mol. The third-order valence-corrected chi connectivity index (χ3v) is 5.92. The van der Waals surface area contributed by atoms with Crippen molar-refractivity contribution in [3.05, 3.63) is 73.1 Å². The van der Waals surface area contributed by atoms with Crippen LogP contribution in [0.25, 0.3) is 11.1 Å². The van der Waals surface area contributed by atoms with E-state index in [-0.39, 0.29) is 11.6 Å². The molecule has 5 rings (SSSR count). The van der Waals surface area contributed by atoms with Crippen LogP contribution in [0.1, 0.15) is 25.8 Å². The van der Waals surface area contributed by atoms with Crippen molar-refractivity contribution in [3.63, 3.8) is 0 Å². The number of aromatic nitrogens is 5. The highest BCUT2D eigenvalue weighted by atomic mass is 19.1. The van der Waals surface area contributed by atoms with Gasteiger partial charge in [0.1, 0.15) is 12.1 Å². The van der Waals surface area contributed by atoms with Gasteiger partial charge in [0, 0.05) is 37.5 Å². The van der Waals surface area contributed by atoms with Gasteiger partial charge in [-0.1, -0.05) is 30.3 Å². The van der Waals surface area contributed by atoms with Crippen molar-refractivity contribution in [2.75, 3.05) is 28.6 Å². The number of amides is 1. The third kappa shape index (κ3) is 5.26. The molecule has 0 spiro atoms. The summed E-state index contributed by atoms with van der Waals surface area (Å²) in [7, 11) is 0. The molecule has 0 bridgehead atoms. The molecule has 35 heavy (non-hydrogen) atoms. The van der Waals surface area contributed by atoms with Crippen LogP contribution in [0.2, 0.25) is 0 Å². The van der Waals surface area contributed by atoms with Gasteiger partial charge in [-0.15, -0.1) is 0 Å². The van der Waals surface area contributed by atoms with Crippen molar-refractivity contribution in [1.29, 1.82) is 0 Å². The number of piperidine rings is 1. The molecule has 0 saturated carbocycles. The molecule has 0 unspecified atom stereocenters. The highest BCUT2D eigenvalue weighted by Gasteiger charge is 2.23. The molecular formula is C25H25FN8O. The van der Waals surface area contributed by atoms with Crippen molar-refractivity contribution in [2.45, 2.75) is 25.8 Å². The monoisotopic (exact) mass is 472 g/mol. The SMILES string of the molecule is CC(=O)Nc1cc(Nc2ncnc(N3CCC(n4cc(-c5ccccc5)cn4)CC3)n2)ccc1F. The fourth-order valence-electron chi connectivity index (χ4n) is 4.17. The normalized spacial score (nSPS) is 14.1. The fourth-order valence-corrected chi connectivity index (χ4v) is 4.17. The number of carbonyl (C=O) groups excluding carboxylic acids is 1. The molecule has 1 fully saturated rings. The number of hydrogen-bond donors (Lipinski definition) is 2. The van der Waals surface area contributed by atoms with Gasteiger partial charge in [-0.05, 0) is 36.6 Å². The van der Waals surface area contributed by atoms with E-state index < -0.39 is 5.82 Å². The van der Waals surface area contributed by atoms with Gasteiger partial charge in [-0.2, -0.15) is 10.1 Å². The summed E-state index contributed by atoms with van der Waals surface area (Å²) in [5.74, 6) is 0.0593. The van der Waals surface area contributed by atoms with E-state index in [0.717, 1.165) is 37.1 Å². The van der Waals surface area contributed by atoms with Gasteiger partial charge in [0.15, 0.2) is 0 Å². The molecule has 10 heteroatoms. The molecule has 0 radical (unpaired) electrons. The van der Waals surface area contributed by atoms with Crippen LogP contribution < -0.4 is 15.5 Å². The summed E-state index contributed by atoms with van der Waals surface area (Å²) >= 11 is 0. The quantitative estimate of drug-likeness (QED) is 0.428. The summed E-state index contributed by atoms with van der Waals surface area (Å²) in [6.07, 6.45) is 7.32. The summed E-state index contributed by atoms with van der Waals surface area (Å²) in [6, 6.07) is 14.9. The van der Waals surface area contributed by atoms with Crippen molar-refractivity contribution < 1.29 is 9.18 Å². The highest BCUT2D eigenvalue weighted by molar-refractivity contribution is 5.89. The van der Waals surface area contributed by atoms with Gasteiger partial charge >= 0.3 is 0 Å². The molecule has 2 aromatic heterocycles. The van der Waals surface area contributed by atoms with Crippen LogP contribution in [0.5, 0.6) is 0 Å². The van der Waals surface area contributed by atoms with Crippen LogP contribution in [0.3, 0.4) is 0 Å². The topological polar surface area (TPSA) is 101 Å². The molecule has 9 nitrogen and oxygen atoms in total. The standard InChI is InChI=1S/C25H25FN8O/c1-17(35)30-23-13-20(7-8-22(23)26)31-24-27-16-28-25(32-24)33-11-9-21(10-12-33)34-15-19(14-29-34)18-5-3-2-4-6-18/h2-8,13-16,21H,9-12H2,1H3,(H,30,35)(H,27,28,31,32). The second-order valence-corrected chi connectivity index (χ2v) is 8.40. The molecule has 0 aliphatic carbocycles. The van der Waals surface area contributed by atoms with Crippen molar-refractivity contribution in [3.8, 4) is 11.1 Å². The van der Waals surface area contributed by atoms with E-state index in [9.17, 15) is 9.18 Å². The summed E-state index contributed by atoms with van der Waals surface area (Å²) in [5.41, 5.74) is 2.92. The minimum Gasteiger partial charge on any atom is -0.341 e. The van der Waals surface area contributed by atoms with Gasteiger partial charge in [0.2, 0.25) is 17.8 Å². The minimum atomic E-state index is -0.516. The lowest BCUT2D eigenvalue weighted by atomic mass is 10.1. The zero-order valence-corrected chi connectivity index (χ0v) is 19.2. The smallest absolute Gasteiger partial charge is 0.231 e. The summed E-state index contributed by atoms with van der Waals surface area (Å²) in [6.45, 7) is 2.91. The van der Waals surface area contributed by atoms with Gasteiger partial charge in [-0.25, -0.2) is 14.4 Å². The van der Waals surface area contributed by atoms with E-state index >= 15 is 0 Å². The van der Waals surface area contributed by atoms with Crippen LogP contribution in [0, 0.1) is 5.82 Å². The molecule has 4 aromatic rings. The number of anilines is 4. The van der Waals surface area contributed by atoms with Gasteiger partial charge in [0.25, 0.3) is 0 Å². The average Bonchev–Trinajstić information content (AvgIpc) is 3.37. The maximum Gasteiger partial charge on any atom is 0.231 e. The van der Waals surface area contributed by atoms with Crippen LogP contribution in [0.4, 0.5) is 27.7 Å². The second kappa shape index (κ2) is 9.88. The maximum atomic E-state index is 13.9. The number of carbonyl (C=O) groups is 1. The number of benzene rings is 2. The fraction of sp³-hybridized carbons (Fsp3) is 0.240. The number of hydrogen-bond acceptors (Lipinski definition) is 7. The molecular weight excluding hydrogens is 447 g/mol. The molecule has 178 valence electrons. The number of halogens is 1.